The van der Waals surface area contributed by atoms with Gasteiger partial charge in [0.15, 0.2) is 10.6 Å². The molecule has 0 saturated carbocycles. The number of aryl methyl sites for hydroxylation is 1. The van der Waals surface area contributed by atoms with Crippen molar-refractivity contribution in [3.8, 4) is 0 Å². The van der Waals surface area contributed by atoms with Gasteiger partial charge in [0.2, 0.25) is 0 Å². The van der Waals surface area contributed by atoms with Gasteiger partial charge in [-0.15, -0.1) is 10.2 Å². The molecule has 0 aliphatic carbocycles. The fourth-order valence-electron chi connectivity index (χ4n) is 5.20. The lowest BCUT2D eigenvalue weighted by atomic mass is 9.84. The maximum atomic E-state index is 13.0. The van der Waals surface area contributed by atoms with Gasteiger partial charge in [-0.3, -0.25) is 4.72 Å². The number of thioether (sulfide) groups is 1. The number of anilines is 1. The van der Waals surface area contributed by atoms with Gasteiger partial charge in [-0.25, -0.2) is 8.42 Å². The van der Waals surface area contributed by atoms with E-state index in [1.54, 1.807) is 71.6 Å². The molecule has 4 atom stereocenters. The number of aliphatic hydroxyl groups is 1. The summed E-state index contributed by atoms with van der Waals surface area (Å²) in [4.78, 5) is 0.177. The Kier molecular flexibility index (Phi) is 9.41. The quantitative estimate of drug-likeness (QED) is 0.158. The molecule has 8 nitrogen and oxygen atoms in total. The van der Waals surface area contributed by atoms with Crippen LogP contribution in [0.25, 0.3) is 0 Å². The summed E-state index contributed by atoms with van der Waals surface area (Å²) in [6.07, 6.45) is -1.46. The minimum Gasteiger partial charge on any atom is -0.392 e. The van der Waals surface area contributed by atoms with Crippen molar-refractivity contribution in [1.29, 1.82) is 0 Å². The van der Waals surface area contributed by atoms with Crippen molar-refractivity contribution in [2.75, 3.05) is 10.5 Å². The van der Waals surface area contributed by atoms with E-state index in [2.05, 4.69) is 27.1 Å². The second-order valence-electron chi connectivity index (χ2n) is 10.3. The number of hydrogen-bond acceptors (Lipinski definition) is 9. The Balaban J connectivity index is 1.35. The van der Waals surface area contributed by atoms with Gasteiger partial charge in [0, 0.05) is 22.9 Å². The molecule has 11 heteroatoms. The summed E-state index contributed by atoms with van der Waals surface area (Å²) < 4.78 is 43.1. The number of aromatic nitrogens is 2. The molecule has 1 aliphatic rings. The highest BCUT2D eigenvalue weighted by molar-refractivity contribution is 8.01. The molecule has 1 saturated heterocycles. The van der Waals surface area contributed by atoms with E-state index in [0.717, 1.165) is 26.0 Å². The second-order valence-corrected chi connectivity index (χ2v) is 14.5. The van der Waals surface area contributed by atoms with Crippen LogP contribution in [0.1, 0.15) is 45.6 Å². The van der Waals surface area contributed by atoms with Crippen molar-refractivity contribution < 1.29 is 23.0 Å². The van der Waals surface area contributed by atoms with Crippen LogP contribution in [0.4, 0.5) is 5.69 Å². The van der Waals surface area contributed by atoms with Crippen molar-refractivity contribution >= 4 is 38.8 Å². The Morgan fingerprint density at radius 1 is 0.841 bits per heavy atom. The number of aliphatic hydroxyl groups excluding tert-OH is 1. The highest BCUT2D eigenvalue weighted by Gasteiger charge is 2.42. The first-order chi connectivity index (χ1) is 21.4. The molecule has 0 radical (unpaired) electrons. The van der Waals surface area contributed by atoms with Crippen LogP contribution < -0.4 is 4.72 Å². The topological polar surface area (TPSA) is 111 Å². The van der Waals surface area contributed by atoms with Crippen LogP contribution in [0.15, 0.2) is 118 Å². The van der Waals surface area contributed by atoms with E-state index in [1.807, 2.05) is 55.5 Å². The molecule has 1 aliphatic heterocycles. The minimum atomic E-state index is -3.78. The highest BCUT2D eigenvalue weighted by Crippen LogP contribution is 2.48. The van der Waals surface area contributed by atoms with Gasteiger partial charge in [-0.2, -0.15) is 0 Å². The SMILES string of the molecule is Cc1nnc(SC[C@H]2OC(c3cccc(NS(=O)(=O)c4ccccc4)c3)O[C@@H](c3ccc(CO)cc3)[C@@H]2c2ccccc2)s1. The summed E-state index contributed by atoms with van der Waals surface area (Å²) in [6, 6.07) is 33.3. The van der Waals surface area contributed by atoms with E-state index in [1.165, 1.54) is 0 Å². The van der Waals surface area contributed by atoms with Crippen LogP contribution >= 0.6 is 23.1 Å². The van der Waals surface area contributed by atoms with Crippen molar-refractivity contribution in [3.63, 3.8) is 0 Å². The van der Waals surface area contributed by atoms with Crippen LogP contribution in [-0.2, 0) is 26.1 Å². The zero-order valence-electron chi connectivity index (χ0n) is 23.8. The third-order valence-corrected chi connectivity index (χ3v) is 10.8. The summed E-state index contributed by atoms with van der Waals surface area (Å²) in [5.41, 5.74) is 3.93. The summed E-state index contributed by atoms with van der Waals surface area (Å²) in [5.74, 6) is 0.438. The molecule has 5 aromatic rings. The molecule has 1 unspecified atom stereocenters. The number of hydrogen-bond donors (Lipinski definition) is 2. The first kappa shape index (κ1) is 30.4. The molecular weight excluding hydrogens is 615 g/mol. The van der Waals surface area contributed by atoms with Gasteiger partial charge < -0.3 is 14.6 Å². The number of rotatable bonds is 10. The molecule has 0 bridgehead atoms. The number of nitrogens with one attached hydrogen (secondary N) is 1. The summed E-state index contributed by atoms with van der Waals surface area (Å²) in [5, 5.41) is 19.0. The predicted molar refractivity (Wildman–Crippen MR) is 172 cm³/mol. The van der Waals surface area contributed by atoms with E-state index in [0.29, 0.717) is 17.0 Å². The van der Waals surface area contributed by atoms with Crippen molar-refractivity contribution in [3.05, 3.63) is 136 Å². The molecule has 0 amide bonds. The van der Waals surface area contributed by atoms with E-state index >= 15 is 0 Å². The molecular formula is C33H31N3O5S3. The number of ether oxygens (including phenoxy) is 2. The van der Waals surface area contributed by atoms with Crippen molar-refractivity contribution in [1.82, 2.24) is 10.2 Å². The van der Waals surface area contributed by atoms with E-state index in [-0.39, 0.29) is 23.5 Å². The minimum absolute atomic E-state index is 0.0497. The number of sulfonamides is 1. The third kappa shape index (κ3) is 7.04. The fraction of sp³-hybridized carbons (Fsp3) is 0.212. The zero-order valence-corrected chi connectivity index (χ0v) is 26.3. The van der Waals surface area contributed by atoms with Gasteiger partial charge in [0.05, 0.1) is 23.7 Å². The van der Waals surface area contributed by atoms with Crippen LogP contribution in [0.3, 0.4) is 0 Å². The monoisotopic (exact) mass is 645 g/mol. The van der Waals surface area contributed by atoms with Gasteiger partial charge in [0.1, 0.15) is 5.01 Å². The first-order valence-electron chi connectivity index (χ1n) is 14.1. The largest absolute Gasteiger partial charge is 0.392 e. The van der Waals surface area contributed by atoms with Crippen molar-refractivity contribution in [2.45, 2.75) is 47.2 Å². The Labute approximate surface area is 265 Å². The van der Waals surface area contributed by atoms with Crippen LogP contribution in [0.5, 0.6) is 0 Å². The fourth-order valence-corrected chi connectivity index (χ4v) is 8.18. The van der Waals surface area contributed by atoms with Gasteiger partial charge in [-0.1, -0.05) is 108 Å². The molecule has 4 aromatic carbocycles. The molecule has 0 spiro atoms. The zero-order chi connectivity index (χ0) is 30.5. The Hall–Kier alpha value is -3.58. The average molecular weight is 646 g/mol. The van der Waals surface area contributed by atoms with E-state index < -0.39 is 22.4 Å². The maximum absolute atomic E-state index is 13.0. The lowest BCUT2D eigenvalue weighted by Crippen LogP contribution is -2.38. The normalized spacial score (nSPS) is 20.3. The first-order valence-corrected chi connectivity index (χ1v) is 17.3. The second kappa shape index (κ2) is 13.6. The molecule has 1 fully saturated rings. The van der Waals surface area contributed by atoms with E-state index in [9.17, 15) is 13.5 Å². The van der Waals surface area contributed by atoms with Crippen LogP contribution in [0, 0.1) is 6.92 Å². The smallest absolute Gasteiger partial charge is 0.261 e. The van der Waals surface area contributed by atoms with Gasteiger partial charge in [-0.05, 0) is 47.9 Å². The molecule has 2 N–H and O–H groups in total. The van der Waals surface area contributed by atoms with Gasteiger partial charge >= 0.3 is 0 Å². The molecule has 2 heterocycles. The third-order valence-electron chi connectivity index (χ3n) is 7.31. The Bertz CT molecular complexity index is 1780. The molecule has 44 heavy (non-hydrogen) atoms. The molecule has 1 aromatic heterocycles. The summed E-state index contributed by atoms with van der Waals surface area (Å²) in [6.45, 7) is 1.88. The molecule has 226 valence electrons. The lowest BCUT2D eigenvalue weighted by Gasteiger charge is -2.43. The summed E-state index contributed by atoms with van der Waals surface area (Å²) >= 11 is 3.14. The highest BCUT2D eigenvalue weighted by atomic mass is 32.2. The summed E-state index contributed by atoms with van der Waals surface area (Å²) in [7, 11) is -3.78. The van der Waals surface area contributed by atoms with Gasteiger partial charge in [0.25, 0.3) is 10.0 Å². The number of nitrogens with zero attached hydrogens (tertiary/aromatic N) is 2. The Morgan fingerprint density at radius 2 is 1.55 bits per heavy atom. The standard InChI is InChI=1S/C33H31N3O5S3/c1-22-34-35-33(43-22)42-21-29-30(24-9-4-2-5-10-24)31(25-17-15-23(20-37)16-18-25)41-32(40-29)26-11-8-12-27(19-26)36-44(38,39)28-13-6-3-7-14-28/h2-19,29-32,36-37H,20-21H2,1H3/t29-,30-,31+,32?/m1/s1. The predicted octanol–water partition coefficient (Wildman–Crippen LogP) is 6.87. The molecule has 6 rings (SSSR count). The average Bonchev–Trinajstić information content (AvgIpc) is 3.49. The van der Waals surface area contributed by atoms with E-state index in [4.69, 9.17) is 9.47 Å². The maximum Gasteiger partial charge on any atom is 0.261 e. The Morgan fingerprint density at radius 3 is 2.23 bits per heavy atom. The van der Waals surface area contributed by atoms with Crippen LogP contribution in [-0.4, -0.2) is 35.6 Å². The number of benzene rings is 4. The lowest BCUT2D eigenvalue weighted by molar-refractivity contribution is -0.255. The van der Waals surface area contributed by atoms with Crippen LogP contribution in [0.2, 0.25) is 0 Å². The van der Waals surface area contributed by atoms with Crippen molar-refractivity contribution in [2.24, 2.45) is 0 Å².